The fraction of sp³-hybridized carbons (Fsp3) is 0.625. The van der Waals surface area contributed by atoms with Gasteiger partial charge in [0.2, 0.25) is 0 Å². The van der Waals surface area contributed by atoms with Crippen LogP contribution in [0.1, 0.15) is 44.7 Å². The molecule has 1 aromatic rings. The number of likely N-dealkylation sites (tertiary alicyclic amines) is 1. The summed E-state index contributed by atoms with van der Waals surface area (Å²) in [5.74, 6) is 0. The first kappa shape index (κ1) is 15.9. The topological polar surface area (TPSA) is 58.4 Å². The molecule has 0 aromatic heterocycles. The van der Waals surface area contributed by atoms with Gasteiger partial charge in [-0.05, 0) is 45.3 Å². The Hall–Kier alpha value is -1.46. The summed E-state index contributed by atoms with van der Waals surface area (Å²) in [6.45, 7) is 7.71. The van der Waals surface area contributed by atoms with Crippen molar-refractivity contribution in [3.05, 3.63) is 39.9 Å². The van der Waals surface area contributed by atoms with E-state index in [0.717, 1.165) is 12.1 Å². The third-order valence-electron chi connectivity index (χ3n) is 4.34. The van der Waals surface area contributed by atoms with Gasteiger partial charge in [0, 0.05) is 30.8 Å². The lowest BCUT2D eigenvalue weighted by molar-refractivity contribution is -0.384. The SMILES string of the molecule is CC(NCC(C)N1CCCCC1)c1ccc([N+](=O)[O-])cc1. The molecule has 0 saturated carbocycles. The molecule has 21 heavy (non-hydrogen) atoms. The lowest BCUT2D eigenvalue weighted by atomic mass is 10.1. The number of non-ortho nitro benzene ring substituents is 1. The molecular formula is C16H25N3O2. The van der Waals surface area contributed by atoms with Crippen molar-refractivity contribution >= 4 is 5.69 Å². The van der Waals surface area contributed by atoms with E-state index in [4.69, 9.17) is 0 Å². The van der Waals surface area contributed by atoms with Gasteiger partial charge < -0.3 is 5.32 Å². The molecule has 0 aliphatic carbocycles. The Morgan fingerprint density at radius 2 is 1.81 bits per heavy atom. The van der Waals surface area contributed by atoms with E-state index >= 15 is 0 Å². The Kier molecular flexibility index (Phi) is 5.70. The van der Waals surface area contributed by atoms with Gasteiger partial charge in [-0.3, -0.25) is 15.0 Å². The fourth-order valence-corrected chi connectivity index (χ4v) is 2.84. The maximum atomic E-state index is 10.7. The van der Waals surface area contributed by atoms with Gasteiger partial charge >= 0.3 is 0 Å². The van der Waals surface area contributed by atoms with E-state index in [-0.39, 0.29) is 16.7 Å². The van der Waals surface area contributed by atoms with Gasteiger partial charge in [-0.1, -0.05) is 18.6 Å². The van der Waals surface area contributed by atoms with Crippen LogP contribution in [-0.2, 0) is 0 Å². The molecule has 5 nitrogen and oxygen atoms in total. The fourth-order valence-electron chi connectivity index (χ4n) is 2.84. The summed E-state index contributed by atoms with van der Waals surface area (Å²) < 4.78 is 0. The second-order valence-corrected chi connectivity index (χ2v) is 5.92. The van der Waals surface area contributed by atoms with Crippen LogP contribution in [0.3, 0.4) is 0 Å². The molecule has 0 bridgehead atoms. The number of nitro benzene ring substituents is 1. The van der Waals surface area contributed by atoms with E-state index in [0.29, 0.717) is 6.04 Å². The number of benzene rings is 1. The number of nitrogens with one attached hydrogen (secondary N) is 1. The highest BCUT2D eigenvalue weighted by molar-refractivity contribution is 5.34. The Balaban J connectivity index is 1.83. The van der Waals surface area contributed by atoms with Gasteiger partial charge in [0.05, 0.1) is 4.92 Å². The second-order valence-electron chi connectivity index (χ2n) is 5.92. The predicted molar refractivity (Wildman–Crippen MR) is 84.4 cm³/mol. The highest BCUT2D eigenvalue weighted by atomic mass is 16.6. The number of nitro groups is 1. The van der Waals surface area contributed by atoms with Gasteiger partial charge in [0.25, 0.3) is 5.69 Å². The molecule has 2 rings (SSSR count). The van der Waals surface area contributed by atoms with E-state index in [1.807, 2.05) is 12.1 Å². The number of piperidine rings is 1. The summed E-state index contributed by atoms with van der Waals surface area (Å²) >= 11 is 0. The normalized spacial score (nSPS) is 19.1. The van der Waals surface area contributed by atoms with Crippen LogP contribution in [0.2, 0.25) is 0 Å². The number of nitrogens with zero attached hydrogens (tertiary/aromatic N) is 2. The molecule has 0 spiro atoms. The number of rotatable bonds is 6. The van der Waals surface area contributed by atoms with Crippen LogP contribution >= 0.6 is 0 Å². The zero-order valence-corrected chi connectivity index (χ0v) is 12.9. The minimum atomic E-state index is -0.361. The van der Waals surface area contributed by atoms with Crippen LogP contribution in [0.5, 0.6) is 0 Å². The smallest absolute Gasteiger partial charge is 0.269 e. The molecule has 1 heterocycles. The Morgan fingerprint density at radius 1 is 1.19 bits per heavy atom. The lowest BCUT2D eigenvalue weighted by Crippen LogP contribution is -2.43. The molecule has 2 unspecified atom stereocenters. The molecule has 0 radical (unpaired) electrons. The first-order valence-electron chi connectivity index (χ1n) is 7.79. The average molecular weight is 291 g/mol. The monoisotopic (exact) mass is 291 g/mol. The minimum absolute atomic E-state index is 0.146. The van der Waals surface area contributed by atoms with Crippen LogP contribution in [0.25, 0.3) is 0 Å². The molecule has 1 aliphatic rings. The molecule has 1 saturated heterocycles. The minimum Gasteiger partial charge on any atom is -0.309 e. The maximum absolute atomic E-state index is 10.7. The Labute approximate surface area is 126 Å². The van der Waals surface area contributed by atoms with Crippen LogP contribution in [0.4, 0.5) is 5.69 Å². The molecule has 1 N–H and O–H groups in total. The van der Waals surface area contributed by atoms with Crippen LogP contribution < -0.4 is 5.32 Å². The second kappa shape index (κ2) is 7.52. The predicted octanol–water partition coefficient (Wildman–Crippen LogP) is 3.12. The van der Waals surface area contributed by atoms with Crippen LogP contribution in [0.15, 0.2) is 24.3 Å². The van der Waals surface area contributed by atoms with Crippen LogP contribution in [0, 0.1) is 10.1 Å². The first-order chi connectivity index (χ1) is 10.1. The van der Waals surface area contributed by atoms with Gasteiger partial charge in [-0.25, -0.2) is 0 Å². The summed E-state index contributed by atoms with van der Waals surface area (Å²) in [5.41, 5.74) is 1.24. The van der Waals surface area contributed by atoms with Gasteiger partial charge in [0.15, 0.2) is 0 Å². The summed E-state index contributed by atoms with van der Waals surface area (Å²) in [4.78, 5) is 12.8. The molecular weight excluding hydrogens is 266 g/mol. The van der Waals surface area contributed by atoms with Crippen molar-refractivity contribution < 1.29 is 4.92 Å². The Bertz CT molecular complexity index is 455. The third kappa shape index (κ3) is 4.51. The number of hydrogen-bond acceptors (Lipinski definition) is 4. The standard InChI is InChI=1S/C16H25N3O2/c1-13(18-10-4-3-5-11-18)12-17-14(2)15-6-8-16(9-7-15)19(20)21/h6-9,13-14,17H,3-5,10-12H2,1-2H3. The molecule has 2 atom stereocenters. The highest BCUT2D eigenvalue weighted by Crippen LogP contribution is 2.18. The summed E-state index contributed by atoms with van der Waals surface area (Å²) in [6.07, 6.45) is 3.97. The highest BCUT2D eigenvalue weighted by Gasteiger charge is 2.17. The molecule has 1 aromatic carbocycles. The maximum Gasteiger partial charge on any atom is 0.269 e. The van der Waals surface area contributed by atoms with E-state index < -0.39 is 0 Å². The van der Waals surface area contributed by atoms with Crippen molar-refractivity contribution in [1.29, 1.82) is 0 Å². The number of hydrogen-bond donors (Lipinski definition) is 1. The van der Waals surface area contributed by atoms with E-state index in [2.05, 4.69) is 24.1 Å². The summed E-state index contributed by atoms with van der Waals surface area (Å²) in [7, 11) is 0. The Morgan fingerprint density at radius 3 is 2.38 bits per heavy atom. The van der Waals surface area contributed by atoms with E-state index in [1.54, 1.807) is 12.1 Å². The largest absolute Gasteiger partial charge is 0.309 e. The van der Waals surface area contributed by atoms with Crippen molar-refractivity contribution in [2.24, 2.45) is 0 Å². The summed E-state index contributed by atoms with van der Waals surface area (Å²) in [5, 5.41) is 14.2. The van der Waals surface area contributed by atoms with Crippen molar-refractivity contribution in [3.63, 3.8) is 0 Å². The average Bonchev–Trinajstić information content (AvgIpc) is 2.53. The quantitative estimate of drug-likeness (QED) is 0.646. The molecule has 116 valence electrons. The zero-order valence-electron chi connectivity index (χ0n) is 12.9. The molecule has 1 aliphatic heterocycles. The van der Waals surface area contributed by atoms with Gasteiger partial charge in [-0.15, -0.1) is 0 Å². The van der Waals surface area contributed by atoms with Crippen molar-refractivity contribution in [3.8, 4) is 0 Å². The van der Waals surface area contributed by atoms with E-state index in [9.17, 15) is 10.1 Å². The van der Waals surface area contributed by atoms with Gasteiger partial charge in [-0.2, -0.15) is 0 Å². The zero-order chi connectivity index (χ0) is 15.2. The molecule has 1 fully saturated rings. The van der Waals surface area contributed by atoms with Gasteiger partial charge in [0.1, 0.15) is 0 Å². The first-order valence-corrected chi connectivity index (χ1v) is 7.79. The molecule has 5 heteroatoms. The summed E-state index contributed by atoms with van der Waals surface area (Å²) in [6, 6.07) is 7.55. The van der Waals surface area contributed by atoms with Crippen LogP contribution in [-0.4, -0.2) is 35.5 Å². The van der Waals surface area contributed by atoms with E-state index in [1.165, 1.54) is 32.4 Å². The third-order valence-corrected chi connectivity index (χ3v) is 4.34. The van der Waals surface area contributed by atoms with Crippen molar-refractivity contribution in [1.82, 2.24) is 10.2 Å². The van der Waals surface area contributed by atoms with Crippen molar-refractivity contribution in [2.45, 2.75) is 45.2 Å². The molecule has 0 amide bonds. The lowest BCUT2D eigenvalue weighted by Gasteiger charge is -2.33. The van der Waals surface area contributed by atoms with Crippen molar-refractivity contribution in [2.75, 3.05) is 19.6 Å².